The minimum Gasteiger partial charge on any atom is -0.417 e. The summed E-state index contributed by atoms with van der Waals surface area (Å²) in [6.07, 6.45) is 12.9. The van der Waals surface area contributed by atoms with Crippen LogP contribution in [0.25, 0.3) is 0 Å². The molecule has 0 aromatic heterocycles. The van der Waals surface area contributed by atoms with E-state index in [0.717, 1.165) is 43.7 Å². The van der Waals surface area contributed by atoms with E-state index >= 15 is 0 Å². The van der Waals surface area contributed by atoms with E-state index in [1.165, 1.54) is 51.4 Å². The van der Waals surface area contributed by atoms with Gasteiger partial charge in [-0.15, -0.1) is 0 Å². The summed E-state index contributed by atoms with van der Waals surface area (Å²) in [5, 5.41) is 0.290. The van der Waals surface area contributed by atoms with E-state index in [0.29, 0.717) is 10.9 Å². The van der Waals surface area contributed by atoms with Gasteiger partial charge in [-0.05, 0) is 87.3 Å². The second-order valence-corrected chi connectivity index (χ2v) is 18.7. The number of carbonyl (C=O) groups excluding carboxylic acids is 1. The molecule has 0 spiro atoms. The van der Waals surface area contributed by atoms with Gasteiger partial charge in [0.25, 0.3) is 0 Å². The predicted molar refractivity (Wildman–Crippen MR) is 134 cm³/mol. The van der Waals surface area contributed by atoms with Crippen LogP contribution >= 0.6 is 0 Å². The molecule has 4 heteroatoms. The molecule has 4 fully saturated rings. The molecule has 0 unspecified atom stereocenters. The van der Waals surface area contributed by atoms with Gasteiger partial charge in [0.15, 0.2) is 8.32 Å². The average Bonchev–Trinajstić information content (AvgIpc) is 2.60. The second kappa shape index (κ2) is 9.12. The summed E-state index contributed by atoms with van der Waals surface area (Å²) in [5.41, 5.74) is -0.0924. The Morgan fingerprint density at radius 2 is 1.35 bits per heavy atom. The first-order chi connectivity index (χ1) is 14.2. The molecule has 180 valence electrons. The minimum atomic E-state index is -1.62. The van der Waals surface area contributed by atoms with E-state index in [9.17, 15) is 4.79 Å². The largest absolute Gasteiger partial charge is 0.417 e. The van der Waals surface area contributed by atoms with Crippen molar-refractivity contribution in [2.24, 2.45) is 23.2 Å². The Morgan fingerprint density at radius 1 is 0.871 bits per heavy atom. The third-order valence-corrected chi connectivity index (χ3v) is 13.5. The number of rotatable bonds is 9. The van der Waals surface area contributed by atoms with Crippen molar-refractivity contribution in [2.75, 3.05) is 13.2 Å². The summed E-state index contributed by atoms with van der Waals surface area (Å²) in [4.78, 5) is 16.0. The van der Waals surface area contributed by atoms with Crippen LogP contribution < -0.4 is 0 Å². The highest BCUT2D eigenvalue weighted by atomic mass is 28.4. The van der Waals surface area contributed by atoms with Crippen LogP contribution in [0.1, 0.15) is 106 Å². The van der Waals surface area contributed by atoms with Gasteiger partial charge in [-0.25, -0.2) is 0 Å². The van der Waals surface area contributed by atoms with Gasteiger partial charge in [0.05, 0.1) is 0 Å². The lowest BCUT2D eigenvalue weighted by Crippen LogP contribution is -2.63. The van der Waals surface area contributed by atoms with E-state index in [2.05, 4.69) is 59.5 Å². The molecule has 0 radical (unpaired) electrons. The minimum absolute atomic E-state index is 0.185. The molecule has 0 atom stereocenters. The smallest absolute Gasteiger partial charge is 0.228 e. The summed E-state index contributed by atoms with van der Waals surface area (Å²) in [6.45, 7) is 19.8. The Hall–Kier alpha value is -0.353. The lowest BCUT2D eigenvalue weighted by atomic mass is 9.52. The third kappa shape index (κ3) is 5.77. The maximum atomic E-state index is 13.6. The highest BCUT2D eigenvalue weighted by Crippen LogP contribution is 2.58. The van der Waals surface area contributed by atoms with Gasteiger partial charge < -0.3 is 9.33 Å². The standard InChI is InChI=1S/C27H51NO2Si/c1-25(2,3)24(29)28(27-18-21-15-22(19-27)17-23(16-21)20-27)13-11-9-10-12-14-30-31(7,8)26(4,5)6/h21-23H,9-20H2,1-8H3. The zero-order chi connectivity index (χ0) is 23.1. The number of hydrogen-bond donors (Lipinski definition) is 0. The molecule has 0 aliphatic heterocycles. The fourth-order valence-electron chi connectivity index (χ4n) is 6.62. The normalized spacial score (nSPS) is 30.6. The molecule has 3 nitrogen and oxygen atoms in total. The summed E-state index contributed by atoms with van der Waals surface area (Å²) < 4.78 is 6.34. The Kier molecular flexibility index (Phi) is 7.44. The van der Waals surface area contributed by atoms with E-state index in [1.807, 2.05) is 0 Å². The Bertz CT molecular complexity index is 593. The SMILES string of the molecule is CC(C)(C)C(=O)N(CCCCCCO[Si](C)(C)C(C)(C)C)C12CC3CC(CC(C3)C1)C2. The lowest BCUT2D eigenvalue weighted by molar-refractivity contribution is -0.159. The van der Waals surface area contributed by atoms with Gasteiger partial charge in [0, 0.05) is 24.1 Å². The van der Waals surface area contributed by atoms with Crippen LogP contribution in [0.5, 0.6) is 0 Å². The number of unbranched alkanes of at least 4 members (excludes halogenated alkanes) is 3. The molecule has 0 saturated heterocycles. The molecular formula is C27H51NO2Si. The van der Waals surface area contributed by atoms with Crippen molar-refractivity contribution in [3.63, 3.8) is 0 Å². The van der Waals surface area contributed by atoms with E-state index in [-0.39, 0.29) is 11.0 Å². The molecule has 4 rings (SSSR count). The summed E-state index contributed by atoms with van der Waals surface area (Å²) in [6, 6.07) is 0. The maximum Gasteiger partial charge on any atom is 0.228 e. The van der Waals surface area contributed by atoms with Crippen molar-refractivity contribution in [1.29, 1.82) is 0 Å². The quantitative estimate of drug-likeness (QED) is 0.271. The molecule has 0 aromatic carbocycles. The van der Waals surface area contributed by atoms with Crippen molar-refractivity contribution in [3.05, 3.63) is 0 Å². The van der Waals surface area contributed by atoms with Crippen molar-refractivity contribution in [3.8, 4) is 0 Å². The number of amides is 1. The van der Waals surface area contributed by atoms with Crippen LogP contribution in [0.3, 0.4) is 0 Å². The fraction of sp³-hybridized carbons (Fsp3) is 0.963. The first-order valence-electron chi connectivity index (χ1n) is 13.2. The van der Waals surface area contributed by atoms with Crippen LogP contribution in [-0.4, -0.2) is 37.8 Å². The van der Waals surface area contributed by atoms with E-state index in [4.69, 9.17) is 4.43 Å². The highest BCUT2D eigenvalue weighted by Gasteiger charge is 2.55. The van der Waals surface area contributed by atoms with Crippen molar-refractivity contribution in [2.45, 2.75) is 129 Å². The molecule has 0 aromatic rings. The van der Waals surface area contributed by atoms with Gasteiger partial charge in [0.1, 0.15) is 0 Å². The number of carbonyl (C=O) groups is 1. The first kappa shape index (κ1) is 25.3. The Balaban J connectivity index is 1.51. The molecule has 4 aliphatic rings. The van der Waals surface area contributed by atoms with E-state index in [1.54, 1.807) is 0 Å². The molecule has 0 N–H and O–H groups in total. The van der Waals surface area contributed by atoms with Crippen LogP contribution in [-0.2, 0) is 9.22 Å². The van der Waals surface area contributed by atoms with Crippen molar-refractivity contribution < 1.29 is 9.22 Å². The van der Waals surface area contributed by atoms with Gasteiger partial charge in [-0.3, -0.25) is 4.79 Å². The van der Waals surface area contributed by atoms with Gasteiger partial charge in [0.2, 0.25) is 5.91 Å². The van der Waals surface area contributed by atoms with Crippen molar-refractivity contribution >= 4 is 14.2 Å². The van der Waals surface area contributed by atoms with Crippen molar-refractivity contribution in [1.82, 2.24) is 4.90 Å². The summed E-state index contributed by atoms with van der Waals surface area (Å²) in [5.74, 6) is 3.05. The third-order valence-electron chi connectivity index (χ3n) is 9.01. The zero-order valence-corrected chi connectivity index (χ0v) is 23.0. The second-order valence-electron chi connectivity index (χ2n) is 13.9. The predicted octanol–water partition coefficient (Wildman–Crippen LogP) is 7.41. The summed E-state index contributed by atoms with van der Waals surface area (Å²) >= 11 is 0. The number of nitrogens with zero attached hydrogens (tertiary/aromatic N) is 1. The zero-order valence-electron chi connectivity index (χ0n) is 22.0. The van der Waals surface area contributed by atoms with Crippen LogP contribution in [0.15, 0.2) is 0 Å². The van der Waals surface area contributed by atoms with Crippen LogP contribution in [0.2, 0.25) is 18.1 Å². The molecule has 4 saturated carbocycles. The fourth-order valence-corrected chi connectivity index (χ4v) is 7.71. The molecule has 4 aliphatic carbocycles. The average molecular weight is 450 g/mol. The highest BCUT2D eigenvalue weighted by molar-refractivity contribution is 6.74. The molecule has 0 heterocycles. The van der Waals surface area contributed by atoms with Gasteiger partial charge in [-0.1, -0.05) is 54.4 Å². The van der Waals surface area contributed by atoms with E-state index < -0.39 is 8.32 Å². The topological polar surface area (TPSA) is 29.5 Å². The number of hydrogen-bond acceptors (Lipinski definition) is 2. The van der Waals surface area contributed by atoms with Crippen LogP contribution in [0, 0.1) is 23.2 Å². The molecule has 31 heavy (non-hydrogen) atoms. The van der Waals surface area contributed by atoms with Gasteiger partial charge in [-0.2, -0.15) is 0 Å². The molecule has 1 amide bonds. The first-order valence-corrected chi connectivity index (χ1v) is 16.1. The maximum absolute atomic E-state index is 13.6. The summed E-state index contributed by atoms with van der Waals surface area (Å²) in [7, 11) is -1.62. The monoisotopic (exact) mass is 449 g/mol. The van der Waals surface area contributed by atoms with Gasteiger partial charge >= 0.3 is 0 Å². The Labute approximate surface area is 194 Å². The molecular weight excluding hydrogens is 398 g/mol. The van der Waals surface area contributed by atoms with Crippen LogP contribution in [0.4, 0.5) is 0 Å². The lowest BCUT2D eigenvalue weighted by Gasteiger charge is -2.61. The Morgan fingerprint density at radius 3 is 1.81 bits per heavy atom. The molecule has 4 bridgehead atoms.